The van der Waals surface area contributed by atoms with Crippen molar-refractivity contribution in [2.24, 2.45) is 0 Å². The second-order valence-electron chi connectivity index (χ2n) is 7.37. The van der Waals surface area contributed by atoms with Gasteiger partial charge in [-0.3, -0.25) is 14.5 Å². The Labute approximate surface area is 178 Å². The van der Waals surface area contributed by atoms with E-state index in [-0.39, 0.29) is 31.2 Å². The van der Waals surface area contributed by atoms with E-state index in [1.807, 2.05) is 24.4 Å². The van der Waals surface area contributed by atoms with E-state index in [9.17, 15) is 14.4 Å². The molecule has 1 aromatic carbocycles. The quantitative estimate of drug-likeness (QED) is 0.456. The Morgan fingerprint density at radius 3 is 2.94 bits per heavy atom. The summed E-state index contributed by atoms with van der Waals surface area (Å²) in [6.45, 7) is 0.550. The fourth-order valence-corrected chi connectivity index (χ4v) is 3.67. The van der Waals surface area contributed by atoms with Crippen molar-refractivity contribution in [1.82, 2.24) is 20.5 Å². The number of urea groups is 1. The number of amides is 4. The first-order chi connectivity index (χ1) is 15.0. The lowest BCUT2D eigenvalue weighted by molar-refractivity contribution is -0.128. The van der Waals surface area contributed by atoms with Crippen molar-refractivity contribution in [3.8, 4) is 5.75 Å². The van der Waals surface area contributed by atoms with Crippen LogP contribution in [0.15, 0.2) is 47.2 Å². The maximum absolute atomic E-state index is 12.5. The van der Waals surface area contributed by atoms with Crippen LogP contribution in [0.1, 0.15) is 24.2 Å². The molecule has 1 fully saturated rings. The maximum atomic E-state index is 12.5. The summed E-state index contributed by atoms with van der Waals surface area (Å²) in [4.78, 5) is 41.1. The van der Waals surface area contributed by atoms with Crippen molar-refractivity contribution < 1.29 is 23.5 Å². The smallest absolute Gasteiger partial charge is 0.325 e. The van der Waals surface area contributed by atoms with E-state index in [2.05, 4.69) is 15.6 Å². The van der Waals surface area contributed by atoms with Crippen LogP contribution < -0.4 is 15.4 Å². The topological polar surface area (TPSA) is 117 Å². The monoisotopic (exact) mass is 424 g/mol. The van der Waals surface area contributed by atoms with Gasteiger partial charge in [-0.05, 0) is 48.7 Å². The van der Waals surface area contributed by atoms with Crippen molar-refractivity contribution in [3.05, 3.63) is 54.1 Å². The zero-order valence-corrected chi connectivity index (χ0v) is 17.1. The van der Waals surface area contributed by atoms with Crippen LogP contribution in [-0.4, -0.2) is 47.4 Å². The van der Waals surface area contributed by atoms with Gasteiger partial charge in [0.15, 0.2) is 0 Å². The summed E-state index contributed by atoms with van der Waals surface area (Å²) in [5.74, 6) is 0.796. The zero-order valence-electron chi connectivity index (χ0n) is 17.1. The zero-order chi connectivity index (χ0) is 21.8. The number of imide groups is 1. The number of carbonyl (C=O) groups excluding carboxylic acids is 3. The fourth-order valence-electron chi connectivity index (χ4n) is 3.67. The van der Waals surface area contributed by atoms with Gasteiger partial charge in [-0.25, -0.2) is 4.79 Å². The number of aromatic nitrogens is 1. The van der Waals surface area contributed by atoms with E-state index in [0.29, 0.717) is 18.7 Å². The van der Waals surface area contributed by atoms with E-state index in [1.54, 1.807) is 19.2 Å². The number of nitrogens with zero attached hydrogens (tertiary/aromatic N) is 1. The molecule has 4 rings (SSSR count). The van der Waals surface area contributed by atoms with Gasteiger partial charge >= 0.3 is 6.03 Å². The molecule has 9 heteroatoms. The number of nitrogens with one attached hydrogen (secondary N) is 3. The molecule has 4 amide bonds. The number of rotatable bonds is 9. The number of H-pyrrole nitrogens is 1. The Bertz CT molecular complexity index is 1090. The highest BCUT2D eigenvalue weighted by Gasteiger charge is 2.38. The van der Waals surface area contributed by atoms with Gasteiger partial charge in [0.05, 0.1) is 19.9 Å². The third-order valence-electron chi connectivity index (χ3n) is 5.35. The molecular weight excluding hydrogens is 400 g/mol. The van der Waals surface area contributed by atoms with E-state index < -0.39 is 12.1 Å². The molecule has 162 valence electrons. The lowest BCUT2D eigenvalue weighted by atomic mass is 10.1. The van der Waals surface area contributed by atoms with Crippen molar-refractivity contribution in [2.45, 2.75) is 31.8 Å². The molecule has 3 N–H and O–H groups in total. The maximum Gasteiger partial charge on any atom is 0.325 e. The Morgan fingerprint density at radius 2 is 2.16 bits per heavy atom. The molecular formula is C22H24N4O5. The van der Waals surface area contributed by atoms with Gasteiger partial charge in [0.25, 0.3) is 5.91 Å². The van der Waals surface area contributed by atoms with Crippen LogP contribution in [0.25, 0.3) is 10.9 Å². The standard InChI is InChI=1S/C22H24N4O5/c1-30-15-4-5-18-17(11-15)14(12-24-18)8-9-23-20(27)7-6-19-21(28)26(22(29)25-19)13-16-3-2-10-31-16/h2-5,10-12,19,24H,6-9,13H2,1H3,(H,23,27)(H,25,29)/t19-/m1/s1. The molecule has 0 spiro atoms. The van der Waals surface area contributed by atoms with Crippen LogP contribution in [0.4, 0.5) is 4.79 Å². The van der Waals surface area contributed by atoms with E-state index >= 15 is 0 Å². The summed E-state index contributed by atoms with van der Waals surface area (Å²) in [5.41, 5.74) is 2.10. The molecule has 9 nitrogen and oxygen atoms in total. The minimum absolute atomic E-state index is 0.0791. The molecule has 0 unspecified atom stereocenters. The largest absolute Gasteiger partial charge is 0.497 e. The third kappa shape index (κ3) is 4.55. The summed E-state index contributed by atoms with van der Waals surface area (Å²) in [5, 5.41) is 6.57. The van der Waals surface area contributed by atoms with Crippen molar-refractivity contribution >= 4 is 28.7 Å². The highest BCUT2D eigenvalue weighted by Crippen LogP contribution is 2.23. The van der Waals surface area contributed by atoms with Crippen LogP contribution in [-0.2, 0) is 22.6 Å². The van der Waals surface area contributed by atoms with E-state index in [1.165, 1.54) is 6.26 Å². The summed E-state index contributed by atoms with van der Waals surface area (Å²) < 4.78 is 10.5. The van der Waals surface area contributed by atoms with Gasteiger partial charge in [-0.1, -0.05) is 0 Å². The molecule has 1 aliphatic heterocycles. The van der Waals surface area contributed by atoms with Crippen LogP contribution >= 0.6 is 0 Å². The summed E-state index contributed by atoms with van der Waals surface area (Å²) >= 11 is 0. The molecule has 2 aromatic heterocycles. The van der Waals surface area contributed by atoms with Gasteiger partial charge < -0.3 is 24.8 Å². The number of carbonyl (C=O) groups is 3. The predicted octanol–water partition coefficient (Wildman–Crippen LogP) is 2.33. The number of methoxy groups -OCH3 is 1. The van der Waals surface area contributed by atoms with Gasteiger partial charge in [0, 0.05) is 30.1 Å². The summed E-state index contributed by atoms with van der Waals surface area (Å²) in [6.07, 6.45) is 4.47. The number of hydrogen-bond donors (Lipinski definition) is 3. The molecule has 0 radical (unpaired) electrons. The Hall–Kier alpha value is -3.75. The number of hydrogen-bond acceptors (Lipinski definition) is 5. The second-order valence-corrected chi connectivity index (χ2v) is 7.37. The van der Waals surface area contributed by atoms with E-state index in [4.69, 9.17) is 9.15 Å². The number of furan rings is 1. The number of ether oxygens (including phenoxy) is 1. The van der Waals surface area contributed by atoms with Gasteiger partial charge in [-0.15, -0.1) is 0 Å². The van der Waals surface area contributed by atoms with Crippen molar-refractivity contribution in [2.75, 3.05) is 13.7 Å². The molecule has 1 saturated heterocycles. The molecule has 0 aliphatic carbocycles. The molecule has 3 aromatic rings. The lowest BCUT2D eigenvalue weighted by Crippen LogP contribution is -2.33. The second kappa shape index (κ2) is 8.95. The fraction of sp³-hybridized carbons (Fsp3) is 0.318. The number of aromatic amines is 1. The Balaban J connectivity index is 1.23. The minimum atomic E-state index is -0.700. The van der Waals surface area contributed by atoms with Gasteiger partial charge in [0.2, 0.25) is 5.91 Å². The van der Waals surface area contributed by atoms with Crippen LogP contribution in [0.5, 0.6) is 5.75 Å². The highest BCUT2D eigenvalue weighted by molar-refractivity contribution is 6.04. The molecule has 3 heterocycles. The minimum Gasteiger partial charge on any atom is -0.497 e. The number of benzene rings is 1. The molecule has 31 heavy (non-hydrogen) atoms. The van der Waals surface area contributed by atoms with Crippen LogP contribution in [0.3, 0.4) is 0 Å². The molecule has 0 saturated carbocycles. The van der Waals surface area contributed by atoms with Crippen molar-refractivity contribution in [3.63, 3.8) is 0 Å². The van der Waals surface area contributed by atoms with Gasteiger partial charge in [-0.2, -0.15) is 0 Å². The third-order valence-corrected chi connectivity index (χ3v) is 5.35. The first kappa shape index (κ1) is 20.5. The van der Waals surface area contributed by atoms with Crippen LogP contribution in [0, 0.1) is 0 Å². The number of fused-ring (bicyclic) bond motifs is 1. The highest BCUT2D eigenvalue weighted by atomic mass is 16.5. The molecule has 1 aliphatic rings. The van der Waals surface area contributed by atoms with E-state index in [0.717, 1.165) is 27.1 Å². The first-order valence-electron chi connectivity index (χ1n) is 10.1. The Morgan fingerprint density at radius 1 is 1.29 bits per heavy atom. The summed E-state index contributed by atoms with van der Waals surface area (Å²) in [6, 6.07) is 8.04. The van der Waals surface area contributed by atoms with Crippen molar-refractivity contribution in [1.29, 1.82) is 0 Å². The van der Waals surface area contributed by atoms with Gasteiger partial charge in [0.1, 0.15) is 17.6 Å². The molecule has 0 bridgehead atoms. The first-order valence-corrected chi connectivity index (χ1v) is 10.1. The lowest BCUT2D eigenvalue weighted by Gasteiger charge is -2.11. The summed E-state index contributed by atoms with van der Waals surface area (Å²) in [7, 11) is 1.63. The van der Waals surface area contributed by atoms with Crippen LogP contribution in [0.2, 0.25) is 0 Å². The average Bonchev–Trinajstić information content (AvgIpc) is 3.49. The normalized spacial score (nSPS) is 16.0. The molecule has 1 atom stereocenters. The predicted molar refractivity (Wildman–Crippen MR) is 112 cm³/mol. The SMILES string of the molecule is COc1ccc2[nH]cc(CCNC(=O)CC[C@H]3NC(=O)N(Cc4ccco4)C3=O)c2c1. The average molecular weight is 424 g/mol. The Kier molecular flexibility index (Phi) is 5.92.